The van der Waals surface area contributed by atoms with Crippen molar-refractivity contribution in [2.24, 2.45) is 11.8 Å². The van der Waals surface area contributed by atoms with E-state index in [4.69, 9.17) is 14.6 Å². The summed E-state index contributed by atoms with van der Waals surface area (Å²) in [7, 11) is 0. The van der Waals surface area contributed by atoms with Crippen LogP contribution in [0.1, 0.15) is 32.6 Å². The summed E-state index contributed by atoms with van der Waals surface area (Å²) in [5.41, 5.74) is 0.870. The molecule has 27 heavy (non-hydrogen) atoms. The monoisotopic (exact) mass is 380 g/mol. The maximum absolute atomic E-state index is 12.4. The van der Waals surface area contributed by atoms with Gasteiger partial charge in [0, 0.05) is 5.57 Å². The van der Waals surface area contributed by atoms with Crippen LogP contribution in [0.4, 0.5) is 0 Å². The molecule has 4 atom stereocenters. The van der Waals surface area contributed by atoms with E-state index < -0.39 is 43.3 Å². The number of hydrogen-bond acceptors (Lipinski definition) is 7. The van der Waals surface area contributed by atoms with E-state index in [0.717, 1.165) is 12.8 Å². The fourth-order valence-electron chi connectivity index (χ4n) is 3.62. The number of aliphatic hydroxyl groups is 3. The predicted octanol–water partition coefficient (Wildman–Crippen LogP) is 1.04. The maximum atomic E-state index is 12.4. The van der Waals surface area contributed by atoms with Crippen molar-refractivity contribution >= 4 is 11.9 Å². The minimum Gasteiger partial charge on any atom is -0.458 e. The van der Waals surface area contributed by atoms with E-state index in [1.54, 1.807) is 6.08 Å². The second kappa shape index (κ2) is 9.82. The highest BCUT2D eigenvalue weighted by molar-refractivity contribution is 5.92. The van der Waals surface area contributed by atoms with Crippen LogP contribution in [0.2, 0.25) is 0 Å². The molecule has 0 saturated carbocycles. The Balaban J connectivity index is 2.39. The van der Waals surface area contributed by atoms with Crippen LogP contribution in [-0.4, -0.2) is 59.3 Å². The van der Waals surface area contributed by atoms with Crippen molar-refractivity contribution in [1.29, 1.82) is 0 Å². The van der Waals surface area contributed by atoms with Gasteiger partial charge >= 0.3 is 11.9 Å². The largest absolute Gasteiger partial charge is 0.458 e. The van der Waals surface area contributed by atoms with Crippen molar-refractivity contribution in [2.75, 3.05) is 19.8 Å². The molecule has 1 fully saturated rings. The average molecular weight is 380 g/mol. The van der Waals surface area contributed by atoms with Gasteiger partial charge in [0.25, 0.3) is 0 Å². The van der Waals surface area contributed by atoms with Gasteiger partial charge in [0.2, 0.25) is 0 Å². The van der Waals surface area contributed by atoms with Gasteiger partial charge in [-0.1, -0.05) is 19.9 Å². The fraction of sp³-hybridized carbons (Fsp3) is 0.600. The average Bonchev–Trinajstić information content (AvgIpc) is 2.91. The predicted molar refractivity (Wildman–Crippen MR) is 97.4 cm³/mol. The van der Waals surface area contributed by atoms with Crippen LogP contribution in [0, 0.1) is 11.8 Å². The van der Waals surface area contributed by atoms with Crippen LogP contribution in [-0.2, 0) is 19.1 Å². The molecule has 1 aliphatic heterocycles. The highest BCUT2D eigenvalue weighted by Gasteiger charge is 2.45. The molecule has 1 saturated heterocycles. The molecular weight excluding hydrogens is 352 g/mol. The normalized spacial score (nSPS) is 31.6. The summed E-state index contributed by atoms with van der Waals surface area (Å²) in [4.78, 5) is 24.5. The zero-order valence-corrected chi connectivity index (χ0v) is 15.6. The van der Waals surface area contributed by atoms with E-state index >= 15 is 0 Å². The molecular formula is C20H28O7. The van der Waals surface area contributed by atoms with Gasteiger partial charge in [0.15, 0.2) is 0 Å². The molecule has 2 rings (SSSR count). The summed E-state index contributed by atoms with van der Waals surface area (Å²) >= 11 is 0. The van der Waals surface area contributed by atoms with E-state index in [2.05, 4.69) is 13.5 Å². The maximum Gasteiger partial charge on any atom is 0.336 e. The summed E-state index contributed by atoms with van der Waals surface area (Å²) in [6.45, 7) is 4.72. The smallest absolute Gasteiger partial charge is 0.336 e. The molecule has 7 heteroatoms. The number of ether oxygens (including phenoxy) is 2. The van der Waals surface area contributed by atoms with Crippen LogP contribution in [0.5, 0.6) is 0 Å². The molecule has 0 radical (unpaired) electrons. The van der Waals surface area contributed by atoms with Crippen LogP contribution in [0.3, 0.4) is 0 Å². The van der Waals surface area contributed by atoms with Crippen LogP contribution < -0.4 is 0 Å². The first-order chi connectivity index (χ1) is 12.9. The molecule has 7 nitrogen and oxygen atoms in total. The number of hydrogen-bond donors (Lipinski definition) is 3. The molecule has 0 aromatic heterocycles. The molecule has 0 amide bonds. The van der Waals surface area contributed by atoms with Gasteiger partial charge in [-0.3, -0.25) is 0 Å². The van der Waals surface area contributed by atoms with Crippen molar-refractivity contribution < 1.29 is 34.4 Å². The van der Waals surface area contributed by atoms with Crippen molar-refractivity contribution in [3.8, 4) is 0 Å². The fourth-order valence-corrected chi connectivity index (χ4v) is 3.62. The first-order valence-corrected chi connectivity index (χ1v) is 9.23. The third-order valence-corrected chi connectivity index (χ3v) is 5.12. The summed E-state index contributed by atoms with van der Waals surface area (Å²) in [6, 6.07) is 0. The van der Waals surface area contributed by atoms with E-state index in [-0.39, 0.29) is 17.8 Å². The Morgan fingerprint density at radius 3 is 2.78 bits per heavy atom. The molecule has 3 N–H and O–H groups in total. The summed E-state index contributed by atoms with van der Waals surface area (Å²) in [5, 5.41) is 28.0. The van der Waals surface area contributed by atoms with Crippen molar-refractivity contribution in [3.05, 3.63) is 35.5 Å². The Bertz CT molecular complexity index is 634. The molecule has 1 heterocycles. The third-order valence-electron chi connectivity index (χ3n) is 5.12. The van der Waals surface area contributed by atoms with Crippen LogP contribution in [0.15, 0.2) is 35.5 Å². The highest BCUT2D eigenvalue weighted by atomic mass is 16.6. The minimum absolute atomic E-state index is 0.0747. The summed E-state index contributed by atoms with van der Waals surface area (Å²) in [6.07, 6.45) is 4.60. The van der Waals surface area contributed by atoms with Gasteiger partial charge in [0.1, 0.15) is 12.2 Å². The van der Waals surface area contributed by atoms with Gasteiger partial charge in [-0.25, -0.2) is 9.59 Å². The lowest BCUT2D eigenvalue weighted by Gasteiger charge is -2.28. The number of aliphatic hydroxyl groups excluding tert-OH is 3. The lowest BCUT2D eigenvalue weighted by Crippen LogP contribution is -2.34. The second-order valence-corrected chi connectivity index (χ2v) is 7.15. The Labute approximate surface area is 159 Å². The lowest BCUT2D eigenvalue weighted by molar-refractivity contribution is -0.146. The molecule has 0 spiro atoms. The molecule has 0 aromatic rings. The van der Waals surface area contributed by atoms with Gasteiger partial charge in [-0.15, -0.1) is 0 Å². The number of carbonyl (C=O) groups excluding carboxylic acids is 2. The topological polar surface area (TPSA) is 113 Å². The van der Waals surface area contributed by atoms with E-state index in [0.29, 0.717) is 24.3 Å². The van der Waals surface area contributed by atoms with Gasteiger partial charge in [-0.2, -0.15) is 0 Å². The summed E-state index contributed by atoms with van der Waals surface area (Å²) < 4.78 is 11.0. The first-order valence-electron chi connectivity index (χ1n) is 9.23. The second-order valence-electron chi connectivity index (χ2n) is 7.15. The molecule has 0 bridgehead atoms. The van der Waals surface area contributed by atoms with E-state index in [9.17, 15) is 19.8 Å². The SMILES string of the molecule is C=C1C(=O)O[C@@H]2C[C@H](C)CCC/C(CO)=C\[C@@H](OC(=O)/C(=C/CO)CO)[C@@H]12. The Hall–Kier alpha value is -1.96. The van der Waals surface area contributed by atoms with E-state index in [1.165, 1.54) is 6.08 Å². The minimum atomic E-state index is -0.859. The Morgan fingerprint density at radius 2 is 2.15 bits per heavy atom. The molecule has 2 aliphatic rings. The van der Waals surface area contributed by atoms with Gasteiger partial charge in [0.05, 0.1) is 31.3 Å². The van der Waals surface area contributed by atoms with Crippen molar-refractivity contribution in [3.63, 3.8) is 0 Å². The van der Waals surface area contributed by atoms with Crippen LogP contribution in [0.25, 0.3) is 0 Å². The van der Waals surface area contributed by atoms with E-state index in [1.807, 2.05) is 0 Å². The molecule has 150 valence electrons. The van der Waals surface area contributed by atoms with Crippen molar-refractivity contribution in [1.82, 2.24) is 0 Å². The third kappa shape index (κ3) is 5.28. The first kappa shape index (κ1) is 21.3. The van der Waals surface area contributed by atoms with Gasteiger partial charge < -0.3 is 24.8 Å². The number of esters is 2. The van der Waals surface area contributed by atoms with Crippen molar-refractivity contribution in [2.45, 2.75) is 44.8 Å². The zero-order chi connectivity index (χ0) is 20.0. The molecule has 0 aromatic carbocycles. The Kier molecular flexibility index (Phi) is 7.77. The standard InChI is InChI=1S/C20H28O7/c1-12-4-3-5-14(10-22)9-17(27-20(25)15(11-23)6-7-21)18-13(2)19(24)26-16(18)8-12/h6,9,12,16-18,21-23H,2-5,7-8,10-11H2,1H3/b14-9+,15-6+/t12-,16-,17-,18+/m1/s1. The number of carbonyl (C=O) groups is 2. The Morgan fingerprint density at radius 1 is 1.41 bits per heavy atom. The highest BCUT2D eigenvalue weighted by Crippen LogP contribution is 2.37. The lowest BCUT2D eigenvalue weighted by atomic mass is 9.83. The number of fused-ring (bicyclic) bond motifs is 1. The van der Waals surface area contributed by atoms with Crippen LogP contribution >= 0.6 is 0 Å². The molecule has 0 unspecified atom stereocenters. The van der Waals surface area contributed by atoms with Gasteiger partial charge in [-0.05, 0) is 42.9 Å². The zero-order valence-electron chi connectivity index (χ0n) is 15.6. The summed E-state index contributed by atoms with van der Waals surface area (Å²) in [5.74, 6) is -1.56. The quantitative estimate of drug-likeness (QED) is 0.371. The number of rotatable bonds is 5. The molecule has 1 aliphatic carbocycles.